The van der Waals surface area contributed by atoms with Crippen molar-refractivity contribution in [2.24, 2.45) is 10.9 Å². The highest BCUT2D eigenvalue weighted by molar-refractivity contribution is 6.14. The van der Waals surface area contributed by atoms with Crippen LogP contribution in [0, 0.1) is 17.2 Å². The average molecular weight is 473 g/mol. The smallest absolute Gasteiger partial charge is 0.274 e. The minimum Gasteiger partial charge on any atom is -0.387 e. The molecule has 1 atom stereocenters. The summed E-state index contributed by atoms with van der Waals surface area (Å²) in [4.78, 5) is 25.9. The monoisotopic (exact) mass is 472 g/mol. The lowest BCUT2D eigenvalue weighted by molar-refractivity contribution is -0.114. The van der Waals surface area contributed by atoms with Crippen LogP contribution in [-0.4, -0.2) is 60.8 Å². The highest BCUT2D eigenvalue weighted by Crippen LogP contribution is 2.31. The summed E-state index contributed by atoms with van der Waals surface area (Å²) >= 11 is 0. The van der Waals surface area contributed by atoms with E-state index in [1.54, 1.807) is 6.20 Å². The molecule has 1 aliphatic carbocycles. The number of nitrogens with one attached hydrogen (secondary N) is 1. The van der Waals surface area contributed by atoms with Crippen LogP contribution in [0.2, 0.25) is 0 Å². The van der Waals surface area contributed by atoms with E-state index in [2.05, 4.69) is 49.4 Å². The van der Waals surface area contributed by atoms with Crippen molar-refractivity contribution in [3.8, 4) is 6.07 Å². The number of allylic oxidation sites excluding steroid dienone is 2. The molecule has 0 aromatic carbocycles. The van der Waals surface area contributed by atoms with E-state index < -0.39 is 0 Å². The molecule has 9 heteroatoms. The molecule has 0 saturated carbocycles. The van der Waals surface area contributed by atoms with Crippen molar-refractivity contribution in [3.63, 3.8) is 0 Å². The second-order valence-electron chi connectivity index (χ2n) is 8.10. The first kappa shape index (κ1) is 24.0. The van der Waals surface area contributed by atoms with Gasteiger partial charge in [0.1, 0.15) is 11.9 Å². The molecule has 1 aromatic heterocycles. The Morgan fingerprint density at radius 3 is 2.72 bits per heavy atom. The SMILES string of the molecule is Cl.Cl.N#Cc1ccc(N2CCN(CC3=CC4=NC(=O)C5=C(NCCC5)C4C=C3)CC2)nc1. The summed E-state index contributed by atoms with van der Waals surface area (Å²) in [6.07, 6.45) is 9.93. The molecule has 32 heavy (non-hydrogen) atoms. The molecule has 4 heterocycles. The van der Waals surface area contributed by atoms with Gasteiger partial charge in [-0.25, -0.2) is 9.98 Å². The number of amides is 1. The van der Waals surface area contributed by atoms with Crippen LogP contribution in [0.4, 0.5) is 5.82 Å². The number of nitriles is 1. The van der Waals surface area contributed by atoms with Crippen LogP contribution in [0.5, 0.6) is 0 Å². The van der Waals surface area contributed by atoms with E-state index in [4.69, 9.17) is 5.26 Å². The molecule has 1 unspecified atom stereocenters. The molecule has 1 saturated heterocycles. The largest absolute Gasteiger partial charge is 0.387 e. The normalized spacial score (nSPS) is 22.3. The molecule has 4 aliphatic rings. The van der Waals surface area contributed by atoms with E-state index in [9.17, 15) is 4.79 Å². The Bertz CT molecular complexity index is 1030. The Labute approximate surface area is 200 Å². The second-order valence-corrected chi connectivity index (χ2v) is 8.10. The van der Waals surface area contributed by atoms with Crippen LogP contribution < -0.4 is 10.2 Å². The Morgan fingerprint density at radius 2 is 2.00 bits per heavy atom. The first-order valence-corrected chi connectivity index (χ1v) is 10.5. The summed E-state index contributed by atoms with van der Waals surface area (Å²) < 4.78 is 0. The number of carbonyl (C=O) groups is 1. The van der Waals surface area contributed by atoms with Crippen LogP contribution in [0.1, 0.15) is 18.4 Å². The van der Waals surface area contributed by atoms with Crippen molar-refractivity contribution in [1.29, 1.82) is 5.26 Å². The molecule has 1 aromatic rings. The topological polar surface area (TPSA) is 84.6 Å². The fourth-order valence-electron chi connectivity index (χ4n) is 4.56. The summed E-state index contributed by atoms with van der Waals surface area (Å²) in [5.41, 5.74) is 4.58. The summed E-state index contributed by atoms with van der Waals surface area (Å²) in [5, 5.41) is 12.4. The van der Waals surface area contributed by atoms with Gasteiger partial charge in [0, 0.05) is 56.7 Å². The minimum atomic E-state index is -0.0714. The van der Waals surface area contributed by atoms with Crippen LogP contribution >= 0.6 is 24.8 Å². The first-order chi connectivity index (χ1) is 14.7. The quantitative estimate of drug-likeness (QED) is 0.727. The summed E-state index contributed by atoms with van der Waals surface area (Å²) in [7, 11) is 0. The second kappa shape index (κ2) is 10.3. The molecular formula is C23H26Cl2N6O. The number of aromatic nitrogens is 1. The molecule has 1 fully saturated rings. The van der Waals surface area contributed by atoms with Crippen molar-refractivity contribution >= 4 is 42.3 Å². The standard InChI is InChI=1S/C23H24N6O.2ClH/c24-13-17-4-6-21(26-14-17)29-10-8-28(9-11-29)15-16-3-5-18-20(12-16)27-23(30)19-2-1-7-25-22(18)19;;/h3-6,12,14,18,25H,1-2,7-11,15H2;2*1H. The van der Waals surface area contributed by atoms with Crippen LogP contribution in [0.3, 0.4) is 0 Å². The van der Waals surface area contributed by atoms with E-state index in [-0.39, 0.29) is 36.6 Å². The number of rotatable bonds is 3. The first-order valence-electron chi connectivity index (χ1n) is 10.5. The maximum absolute atomic E-state index is 12.4. The third-order valence-electron chi connectivity index (χ3n) is 6.18. The van der Waals surface area contributed by atoms with Crippen molar-refractivity contribution in [2.75, 3.05) is 44.2 Å². The molecule has 3 aliphatic heterocycles. The molecule has 0 bridgehead atoms. The van der Waals surface area contributed by atoms with E-state index >= 15 is 0 Å². The molecule has 0 radical (unpaired) electrons. The number of aliphatic imine (C=N–C) groups is 1. The van der Waals surface area contributed by atoms with Crippen LogP contribution in [0.15, 0.2) is 58.4 Å². The Morgan fingerprint density at radius 1 is 1.19 bits per heavy atom. The third kappa shape index (κ3) is 4.73. The molecular weight excluding hydrogens is 447 g/mol. The van der Waals surface area contributed by atoms with Crippen molar-refractivity contribution in [3.05, 3.63) is 59.0 Å². The van der Waals surface area contributed by atoms with E-state index in [0.717, 1.165) is 74.9 Å². The number of dihydropyridines is 1. The molecule has 5 rings (SSSR count). The summed E-state index contributed by atoms with van der Waals surface area (Å²) in [5.74, 6) is 0.950. The zero-order valence-corrected chi connectivity index (χ0v) is 19.3. The van der Waals surface area contributed by atoms with Gasteiger partial charge < -0.3 is 10.2 Å². The van der Waals surface area contributed by atoms with Crippen LogP contribution in [0.25, 0.3) is 0 Å². The predicted molar refractivity (Wildman–Crippen MR) is 130 cm³/mol. The Balaban J connectivity index is 0.00000144. The van der Waals surface area contributed by atoms with Gasteiger partial charge in [0.25, 0.3) is 5.91 Å². The molecule has 7 nitrogen and oxygen atoms in total. The molecule has 0 spiro atoms. The lowest BCUT2D eigenvalue weighted by atomic mass is 9.84. The van der Waals surface area contributed by atoms with Gasteiger partial charge in [0.05, 0.1) is 17.2 Å². The number of carbonyl (C=O) groups excluding carboxylic acids is 1. The van der Waals surface area contributed by atoms with Gasteiger partial charge in [-0.2, -0.15) is 5.26 Å². The number of hydrogen-bond donors (Lipinski definition) is 1. The number of hydrogen-bond acceptors (Lipinski definition) is 6. The zero-order chi connectivity index (χ0) is 20.5. The van der Waals surface area contributed by atoms with Crippen LogP contribution in [-0.2, 0) is 4.79 Å². The number of nitrogens with zero attached hydrogens (tertiary/aromatic N) is 5. The van der Waals surface area contributed by atoms with Gasteiger partial charge in [0.15, 0.2) is 0 Å². The number of piperazine rings is 1. The highest BCUT2D eigenvalue weighted by Gasteiger charge is 2.32. The number of halogens is 2. The van der Waals surface area contributed by atoms with E-state index in [0.29, 0.717) is 5.56 Å². The molecule has 1 N–H and O–H groups in total. The number of fused-ring (bicyclic) bond motifs is 2. The number of pyridine rings is 1. The Kier molecular flexibility index (Phi) is 7.73. The maximum atomic E-state index is 12.4. The van der Waals surface area contributed by atoms with Gasteiger partial charge >= 0.3 is 0 Å². The van der Waals surface area contributed by atoms with Gasteiger partial charge in [-0.15, -0.1) is 24.8 Å². The fourth-order valence-corrected chi connectivity index (χ4v) is 4.56. The summed E-state index contributed by atoms with van der Waals surface area (Å²) in [6.45, 7) is 5.47. The van der Waals surface area contributed by atoms with Gasteiger partial charge in [-0.1, -0.05) is 12.2 Å². The lowest BCUT2D eigenvalue weighted by Gasteiger charge is -2.36. The van der Waals surface area contributed by atoms with Gasteiger partial charge in [-0.05, 0) is 36.6 Å². The fraction of sp³-hybridized carbons (Fsp3) is 0.391. The van der Waals surface area contributed by atoms with Crippen molar-refractivity contribution in [2.45, 2.75) is 12.8 Å². The van der Waals surface area contributed by atoms with Gasteiger partial charge in [0.2, 0.25) is 0 Å². The average Bonchev–Trinajstić information content (AvgIpc) is 2.80. The number of anilines is 1. The van der Waals surface area contributed by atoms with E-state index in [1.807, 2.05) is 12.1 Å². The molecule has 168 valence electrons. The van der Waals surface area contributed by atoms with Crippen molar-refractivity contribution < 1.29 is 4.79 Å². The maximum Gasteiger partial charge on any atom is 0.274 e. The predicted octanol–water partition coefficient (Wildman–Crippen LogP) is 2.65. The highest BCUT2D eigenvalue weighted by atomic mass is 35.5. The Hall–Kier alpha value is -2.66. The van der Waals surface area contributed by atoms with Gasteiger partial charge in [-0.3, -0.25) is 9.69 Å². The lowest BCUT2D eigenvalue weighted by Crippen LogP contribution is -2.47. The third-order valence-corrected chi connectivity index (χ3v) is 6.18. The van der Waals surface area contributed by atoms with Crippen molar-refractivity contribution in [1.82, 2.24) is 15.2 Å². The summed E-state index contributed by atoms with van der Waals surface area (Å²) in [6, 6.07) is 5.84. The minimum absolute atomic E-state index is 0. The zero-order valence-electron chi connectivity index (χ0n) is 17.7. The molecule has 1 amide bonds. The van der Waals surface area contributed by atoms with E-state index in [1.165, 1.54) is 5.57 Å².